The normalized spacial score (nSPS) is 29.0. The van der Waals surface area contributed by atoms with Gasteiger partial charge in [0, 0.05) is 12.5 Å². The van der Waals surface area contributed by atoms with E-state index < -0.39 is 7.12 Å². The van der Waals surface area contributed by atoms with Gasteiger partial charge in [0.2, 0.25) is 0 Å². The quantitative estimate of drug-likeness (QED) is 0.513. The second-order valence-corrected chi connectivity index (χ2v) is 3.57. The van der Waals surface area contributed by atoms with Crippen molar-refractivity contribution in [2.75, 3.05) is 0 Å². The van der Waals surface area contributed by atoms with Crippen LogP contribution in [0.25, 0.3) is 0 Å². The second-order valence-electron chi connectivity index (χ2n) is 3.35. The van der Waals surface area contributed by atoms with E-state index in [1.807, 2.05) is 0 Å². The zero-order chi connectivity index (χ0) is 9.84. The maximum atomic E-state index is 10.8. The standard InChI is InChI=1S/C7H13BClNO3/c1-5(11)4-6-2-3-7(10-9)8(12)13-6/h6-7,10,12H,2-4H2,1H3/t6?,7-/m0/s1. The molecule has 1 aliphatic heterocycles. The fourth-order valence-electron chi connectivity index (χ4n) is 1.45. The van der Waals surface area contributed by atoms with Crippen molar-refractivity contribution in [3.63, 3.8) is 0 Å². The molecule has 1 heterocycles. The minimum absolute atomic E-state index is 0.0782. The maximum absolute atomic E-state index is 10.8. The second kappa shape index (κ2) is 4.95. The molecule has 0 aromatic rings. The van der Waals surface area contributed by atoms with Gasteiger partial charge in [0.05, 0.1) is 5.94 Å². The molecule has 13 heavy (non-hydrogen) atoms. The summed E-state index contributed by atoms with van der Waals surface area (Å²) in [6.07, 6.45) is 1.68. The molecule has 0 bridgehead atoms. The van der Waals surface area contributed by atoms with Gasteiger partial charge in [-0.2, -0.15) is 0 Å². The SMILES string of the molecule is CC(=O)CC1CC[C@H](NCl)B(O)O1. The smallest absolute Gasteiger partial charge is 0.426 e. The highest BCUT2D eigenvalue weighted by molar-refractivity contribution is 6.46. The Morgan fingerprint density at radius 2 is 2.46 bits per heavy atom. The zero-order valence-corrected chi connectivity index (χ0v) is 8.25. The molecule has 0 amide bonds. The molecule has 0 aromatic carbocycles. The Kier molecular flexibility index (Phi) is 4.19. The van der Waals surface area contributed by atoms with E-state index in [4.69, 9.17) is 16.4 Å². The fourth-order valence-corrected chi connectivity index (χ4v) is 1.66. The van der Waals surface area contributed by atoms with E-state index in [1.54, 1.807) is 0 Å². The maximum Gasteiger partial charge on any atom is 0.473 e. The summed E-state index contributed by atoms with van der Waals surface area (Å²) in [5, 5.41) is 9.37. The molecule has 1 unspecified atom stereocenters. The molecule has 1 fully saturated rings. The molecule has 74 valence electrons. The van der Waals surface area contributed by atoms with Gasteiger partial charge in [-0.3, -0.25) is 4.79 Å². The van der Waals surface area contributed by atoms with Gasteiger partial charge in [-0.05, 0) is 31.5 Å². The van der Waals surface area contributed by atoms with Crippen LogP contribution in [0.15, 0.2) is 0 Å². The summed E-state index contributed by atoms with van der Waals surface area (Å²) < 4.78 is 5.19. The number of rotatable bonds is 3. The molecule has 6 heteroatoms. The molecular formula is C7H13BClNO3. The molecule has 0 aliphatic carbocycles. The van der Waals surface area contributed by atoms with Gasteiger partial charge in [-0.15, -0.1) is 0 Å². The summed E-state index contributed by atoms with van der Waals surface area (Å²) in [7, 11) is -0.907. The molecule has 4 nitrogen and oxygen atoms in total. The number of ketones is 1. The topological polar surface area (TPSA) is 58.6 Å². The van der Waals surface area contributed by atoms with Gasteiger partial charge in [0.1, 0.15) is 5.78 Å². The molecule has 2 atom stereocenters. The lowest BCUT2D eigenvalue weighted by atomic mass is 9.73. The molecule has 1 saturated heterocycles. The van der Waals surface area contributed by atoms with Gasteiger partial charge in [-0.1, -0.05) is 0 Å². The van der Waals surface area contributed by atoms with Crippen LogP contribution in [0, 0.1) is 0 Å². The van der Waals surface area contributed by atoms with E-state index in [1.165, 1.54) is 6.92 Å². The van der Waals surface area contributed by atoms with Crippen molar-refractivity contribution < 1.29 is 14.5 Å². The molecule has 0 spiro atoms. The summed E-state index contributed by atoms with van der Waals surface area (Å²) in [4.78, 5) is 13.2. The Morgan fingerprint density at radius 3 is 2.92 bits per heavy atom. The number of Topliss-reactive ketones (excluding diaryl/α,β-unsaturated/α-hetero) is 1. The third-order valence-electron chi connectivity index (χ3n) is 2.13. The van der Waals surface area contributed by atoms with Crippen LogP contribution in [0.3, 0.4) is 0 Å². The Bertz CT molecular complexity index is 193. The van der Waals surface area contributed by atoms with Crippen molar-refractivity contribution in [2.24, 2.45) is 0 Å². The van der Waals surface area contributed by atoms with Crippen LogP contribution in [-0.2, 0) is 9.45 Å². The van der Waals surface area contributed by atoms with Crippen LogP contribution in [0.5, 0.6) is 0 Å². The first kappa shape index (κ1) is 11.0. The summed E-state index contributed by atoms with van der Waals surface area (Å²) in [5.41, 5.74) is 0. The summed E-state index contributed by atoms with van der Waals surface area (Å²) in [5.74, 6) is -0.153. The average molecular weight is 205 g/mol. The monoisotopic (exact) mass is 205 g/mol. The molecule has 2 N–H and O–H groups in total. The molecule has 1 rings (SSSR count). The first-order valence-electron chi connectivity index (χ1n) is 4.32. The zero-order valence-electron chi connectivity index (χ0n) is 7.50. The molecule has 0 aromatic heterocycles. The third kappa shape index (κ3) is 3.27. The lowest BCUT2D eigenvalue weighted by Crippen LogP contribution is -2.48. The average Bonchev–Trinajstić information content (AvgIpc) is 2.03. The Morgan fingerprint density at radius 1 is 1.77 bits per heavy atom. The number of halogens is 1. The van der Waals surface area contributed by atoms with E-state index in [0.29, 0.717) is 6.42 Å². The lowest BCUT2D eigenvalue weighted by Gasteiger charge is -2.29. The van der Waals surface area contributed by atoms with Crippen molar-refractivity contribution in [3.05, 3.63) is 0 Å². The lowest BCUT2D eigenvalue weighted by molar-refractivity contribution is -0.118. The molecule has 0 saturated carbocycles. The van der Waals surface area contributed by atoms with E-state index in [2.05, 4.69) is 4.84 Å². The van der Waals surface area contributed by atoms with Crippen molar-refractivity contribution in [3.8, 4) is 0 Å². The Labute approximate surface area is 82.8 Å². The van der Waals surface area contributed by atoms with Crippen LogP contribution in [0.1, 0.15) is 26.2 Å². The van der Waals surface area contributed by atoms with E-state index in [-0.39, 0.29) is 17.8 Å². The molecule has 1 aliphatic rings. The number of hydrogen-bond acceptors (Lipinski definition) is 4. The minimum Gasteiger partial charge on any atom is -0.426 e. The highest BCUT2D eigenvalue weighted by Gasteiger charge is 2.34. The summed E-state index contributed by atoms with van der Waals surface area (Å²) in [6.45, 7) is 1.52. The molecular weight excluding hydrogens is 192 g/mol. The number of hydrogen-bond donors (Lipinski definition) is 2. The predicted molar refractivity (Wildman–Crippen MR) is 50.2 cm³/mol. The highest BCUT2D eigenvalue weighted by atomic mass is 35.5. The third-order valence-corrected chi connectivity index (χ3v) is 2.41. The van der Waals surface area contributed by atoms with Gasteiger partial charge in [0.15, 0.2) is 0 Å². The van der Waals surface area contributed by atoms with Gasteiger partial charge < -0.3 is 9.68 Å². The van der Waals surface area contributed by atoms with Gasteiger partial charge in [-0.25, -0.2) is 4.84 Å². The largest absolute Gasteiger partial charge is 0.473 e. The van der Waals surface area contributed by atoms with Crippen LogP contribution >= 0.6 is 11.8 Å². The highest BCUT2D eigenvalue weighted by Crippen LogP contribution is 2.18. The minimum atomic E-state index is -0.907. The predicted octanol–water partition coefficient (Wildman–Crippen LogP) is 0.276. The van der Waals surface area contributed by atoms with E-state index in [9.17, 15) is 9.82 Å². The summed E-state index contributed by atoms with van der Waals surface area (Å²) in [6, 6.07) is 0. The number of carbonyl (C=O) groups is 1. The van der Waals surface area contributed by atoms with Crippen LogP contribution < -0.4 is 4.84 Å². The van der Waals surface area contributed by atoms with E-state index >= 15 is 0 Å². The van der Waals surface area contributed by atoms with E-state index in [0.717, 1.165) is 12.8 Å². The Hall–Kier alpha value is -0.0951. The van der Waals surface area contributed by atoms with Gasteiger partial charge >= 0.3 is 7.12 Å². The first-order valence-corrected chi connectivity index (χ1v) is 4.70. The van der Waals surface area contributed by atoms with Crippen LogP contribution in [-0.4, -0.2) is 30.0 Å². The van der Waals surface area contributed by atoms with Crippen molar-refractivity contribution in [1.82, 2.24) is 4.84 Å². The van der Waals surface area contributed by atoms with Crippen molar-refractivity contribution in [2.45, 2.75) is 38.2 Å². The van der Waals surface area contributed by atoms with Crippen molar-refractivity contribution in [1.29, 1.82) is 0 Å². The van der Waals surface area contributed by atoms with Crippen molar-refractivity contribution >= 4 is 24.7 Å². The summed E-state index contributed by atoms with van der Waals surface area (Å²) >= 11 is 5.37. The number of nitrogens with one attached hydrogen (secondary N) is 1. The molecule has 0 radical (unpaired) electrons. The number of carbonyl (C=O) groups excluding carboxylic acids is 1. The van der Waals surface area contributed by atoms with Gasteiger partial charge in [0.25, 0.3) is 0 Å². The Balaban J connectivity index is 2.36. The van der Waals surface area contributed by atoms with Crippen LogP contribution in [0.4, 0.5) is 0 Å². The first-order chi connectivity index (χ1) is 6.13. The fraction of sp³-hybridized carbons (Fsp3) is 0.857. The van der Waals surface area contributed by atoms with Crippen LogP contribution in [0.2, 0.25) is 0 Å².